The second-order valence-corrected chi connectivity index (χ2v) is 6.76. The van der Waals surface area contributed by atoms with Gasteiger partial charge in [-0.15, -0.1) is 11.8 Å². The summed E-state index contributed by atoms with van der Waals surface area (Å²) in [6.07, 6.45) is 2.20. The largest absolute Gasteiger partial charge is 0.459 e. The number of thioether (sulfide) groups is 1. The van der Waals surface area contributed by atoms with Gasteiger partial charge in [-0.1, -0.05) is 6.92 Å². The number of ether oxygens (including phenoxy) is 1. The third-order valence-corrected chi connectivity index (χ3v) is 4.38. The standard InChI is InChI=1S/C12H23NO2S/c1-8-9(13)5-6-10(8)16-7-11(14)15-12(2,3)4/h8-10H,5-7,13H2,1-4H3. The average Bonchev–Trinajstić information content (AvgIpc) is 2.42. The Morgan fingerprint density at radius 1 is 1.44 bits per heavy atom. The minimum absolute atomic E-state index is 0.120. The van der Waals surface area contributed by atoms with Gasteiger partial charge >= 0.3 is 5.97 Å². The Kier molecular flexibility index (Phi) is 4.68. The molecule has 0 aliphatic heterocycles. The zero-order chi connectivity index (χ0) is 12.3. The molecule has 0 radical (unpaired) electrons. The molecule has 16 heavy (non-hydrogen) atoms. The molecule has 1 aliphatic rings. The maximum atomic E-state index is 11.5. The number of rotatable bonds is 3. The summed E-state index contributed by atoms with van der Waals surface area (Å²) < 4.78 is 5.27. The number of carbonyl (C=O) groups is 1. The van der Waals surface area contributed by atoms with E-state index in [9.17, 15) is 4.79 Å². The molecule has 1 rings (SSSR count). The maximum Gasteiger partial charge on any atom is 0.316 e. The smallest absolute Gasteiger partial charge is 0.316 e. The first-order valence-corrected chi connectivity index (χ1v) is 6.93. The lowest BCUT2D eigenvalue weighted by molar-refractivity contribution is -0.151. The summed E-state index contributed by atoms with van der Waals surface area (Å²) in [7, 11) is 0. The Balaban J connectivity index is 2.27. The van der Waals surface area contributed by atoms with Crippen LogP contribution in [0.3, 0.4) is 0 Å². The van der Waals surface area contributed by atoms with Crippen molar-refractivity contribution in [1.29, 1.82) is 0 Å². The third-order valence-electron chi connectivity index (χ3n) is 2.88. The molecule has 0 aromatic carbocycles. The third kappa shape index (κ3) is 4.34. The van der Waals surface area contributed by atoms with E-state index in [-0.39, 0.29) is 11.6 Å². The number of hydrogen-bond donors (Lipinski definition) is 1. The van der Waals surface area contributed by atoms with Gasteiger partial charge in [-0.3, -0.25) is 4.79 Å². The van der Waals surface area contributed by atoms with E-state index >= 15 is 0 Å². The van der Waals surface area contributed by atoms with Crippen molar-refractivity contribution in [3.05, 3.63) is 0 Å². The first kappa shape index (κ1) is 13.8. The minimum atomic E-state index is -0.380. The van der Waals surface area contributed by atoms with E-state index < -0.39 is 0 Å². The molecular formula is C12H23NO2S. The molecule has 0 heterocycles. The monoisotopic (exact) mass is 245 g/mol. The Labute approximate surface area is 102 Å². The van der Waals surface area contributed by atoms with E-state index in [0.29, 0.717) is 23.0 Å². The van der Waals surface area contributed by atoms with Crippen LogP contribution >= 0.6 is 11.8 Å². The zero-order valence-electron chi connectivity index (χ0n) is 10.7. The molecule has 0 bridgehead atoms. The van der Waals surface area contributed by atoms with Gasteiger partial charge in [-0.2, -0.15) is 0 Å². The van der Waals surface area contributed by atoms with Crippen LogP contribution in [0.2, 0.25) is 0 Å². The van der Waals surface area contributed by atoms with Gasteiger partial charge in [0.2, 0.25) is 0 Å². The molecule has 3 atom stereocenters. The fourth-order valence-corrected chi connectivity index (χ4v) is 3.16. The molecule has 94 valence electrons. The molecule has 1 fully saturated rings. The van der Waals surface area contributed by atoms with Crippen LogP contribution in [0.25, 0.3) is 0 Å². The van der Waals surface area contributed by atoms with E-state index in [1.165, 1.54) is 0 Å². The van der Waals surface area contributed by atoms with Gasteiger partial charge in [-0.25, -0.2) is 0 Å². The number of nitrogens with two attached hydrogens (primary N) is 1. The molecule has 0 aromatic heterocycles. The summed E-state index contributed by atoms with van der Waals surface area (Å²) in [5, 5.41) is 0.516. The van der Waals surface area contributed by atoms with E-state index in [1.54, 1.807) is 11.8 Å². The van der Waals surface area contributed by atoms with Crippen molar-refractivity contribution in [2.75, 3.05) is 5.75 Å². The fraction of sp³-hybridized carbons (Fsp3) is 0.917. The van der Waals surface area contributed by atoms with Gasteiger partial charge < -0.3 is 10.5 Å². The lowest BCUT2D eigenvalue weighted by atomic mass is 10.1. The fourth-order valence-electron chi connectivity index (χ4n) is 1.94. The predicted octanol–water partition coefficient (Wildman–Crippen LogP) is 2.19. The Hall–Kier alpha value is -0.220. The van der Waals surface area contributed by atoms with Crippen LogP contribution in [0.15, 0.2) is 0 Å². The molecule has 3 unspecified atom stereocenters. The molecule has 0 saturated heterocycles. The van der Waals surface area contributed by atoms with Crippen LogP contribution in [0.5, 0.6) is 0 Å². The normalized spacial score (nSPS) is 30.4. The van der Waals surface area contributed by atoms with Crippen molar-refractivity contribution in [2.24, 2.45) is 11.7 Å². The first-order valence-electron chi connectivity index (χ1n) is 5.88. The van der Waals surface area contributed by atoms with E-state index in [2.05, 4.69) is 6.92 Å². The van der Waals surface area contributed by atoms with Crippen LogP contribution in [0.4, 0.5) is 0 Å². The van der Waals surface area contributed by atoms with Gasteiger partial charge in [0, 0.05) is 11.3 Å². The second kappa shape index (κ2) is 5.41. The minimum Gasteiger partial charge on any atom is -0.459 e. The zero-order valence-corrected chi connectivity index (χ0v) is 11.5. The average molecular weight is 245 g/mol. The summed E-state index contributed by atoms with van der Waals surface area (Å²) >= 11 is 1.69. The van der Waals surface area contributed by atoms with Gasteiger partial charge in [0.05, 0.1) is 5.75 Å². The molecular weight excluding hydrogens is 222 g/mol. The lowest BCUT2D eigenvalue weighted by Crippen LogP contribution is -2.28. The van der Waals surface area contributed by atoms with Crippen molar-refractivity contribution in [1.82, 2.24) is 0 Å². The molecule has 0 amide bonds. The maximum absolute atomic E-state index is 11.5. The predicted molar refractivity (Wildman–Crippen MR) is 68.5 cm³/mol. The molecule has 1 aliphatic carbocycles. The molecule has 0 aromatic rings. The number of esters is 1. The van der Waals surface area contributed by atoms with Crippen molar-refractivity contribution >= 4 is 17.7 Å². The van der Waals surface area contributed by atoms with Crippen LogP contribution in [-0.2, 0) is 9.53 Å². The Morgan fingerprint density at radius 3 is 2.50 bits per heavy atom. The van der Waals surface area contributed by atoms with Crippen LogP contribution < -0.4 is 5.73 Å². The highest BCUT2D eigenvalue weighted by Crippen LogP contribution is 2.34. The van der Waals surface area contributed by atoms with Gasteiger partial charge in [0.25, 0.3) is 0 Å². The van der Waals surface area contributed by atoms with Crippen LogP contribution in [-0.4, -0.2) is 28.6 Å². The summed E-state index contributed by atoms with van der Waals surface area (Å²) in [6.45, 7) is 7.85. The van der Waals surface area contributed by atoms with Crippen molar-refractivity contribution in [3.8, 4) is 0 Å². The van der Waals surface area contributed by atoms with E-state index in [1.807, 2.05) is 20.8 Å². The summed E-state index contributed by atoms with van der Waals surface area (Å²) in [5.41, 5.74) is 5.57. The van der Waals surface area contributed by atoms with Crippen molar-refractivity contribution < 1.29 is 9.53 Å². The van der Waals surface area contributed by atoms with E-state index in [4.69, 9.17) is 10.5 Å². The molecule has 0 spiro atoms. The quantitative estimate of drug-likeness (QED) is 0.774. The number of hydrogen-bond acceptors (Lipinski definition) is 4. The van der Waals surface area contributed by atoms with Crippen LogP contribution in [0.1, 0.15) is 40.5 Å². The highest BCUT2D eigenvalue weighted by Gasteiger charge is 2.31. The van der Waals surface area contributed by atoms with Crippen molar-refractivity contribution in [2.45, 2.75) is 57.4 Å². The molecule has 1 saturated carbocycles. The topological polar surface area (TPSA) is 52.3 Å². The van der Waals surface area contributed by atoms with Crippen LogP contribution in [0, 0.1) is 5.92 Å². The number of carbonyl (C=O) groups excluding carboxylic acids is 1. The Bertz CT molecular complexity index is 250. The highest BCUT2D eigenvalue weighted by atomic mass is 32.2. The Morgan fingerprint density at radius 2 is 2.06 bits per heavy atom. The van der Waals surface area contributed by atoms with Gasteiger partial charge in [-0.05, 0) is 39.5 Å². The highest BCUT2D eigenvalue weighted by molar-refractivity contribution is 8.00. The van der Waals surface area contributed by atoms with Gasteiger partial charge in [0.1, 0.15) is 5.60 Å². The summed E-state index contributed by atoms with van der Waals surface area (Å²) in [6, 6.07) is 0.302. The molecule has 3 nitrogen and oxygen atoms in total. The van der Waals surface area contributed by atoms with E-state index in [0.717, 1.165) is 12.8 Å². The lowest BCUT2D eigenvalue weighted by Gasteiger charge is -2.21. The molecule has 2 N–H and O–H groups in total. The van der Waals surface area contributed by atoms with Crippen molar-refractivity contribution in [3.63, 3.8) is 0 Å². The van der Waals surface area contributed by atoms with Gasteiger partial charge in [0.15, 0.2) is 0 Å². The second-order valence-electron chi connectivity index (χ2n) is 5.54. The first-order chi connectivity index (χ1) is 7.29. The SMILES string of the molecule is CC1C(N)CCC1SCC(=O)OC(C)(C)C. The summed E-state index contributed by atoms with van der Waals surface area (Å²) in [5.74, 6) is 0.830. The molecule has 4 heteroatoms. The summed E-state index contributed by atoms with van der Waals surface area (Å²) in [4.78, 5) is 11.5.